The van der Waals surface area contributed by atoms with Crippen LogP contribution >= 0.6 is 0 Å². The molecule has 182 valence electrons. The van der Waals surface area contributed by atoms with E-state index in [1.807, 2.05) is 24.4 Å². The Bertz CT molecular complexity index is 1730. The van der Waals surface area contributed by atoms with Crippen molar-refractivity contribution in [3.8, 4) is 22.3 Å². The molecule has 1 aliphatic heterocycles. The van der Waals surface area contributed by atoms with Crippen LogP contribution in [0.1, 0.15) is 17.5 Å². The molecule has 6 aromatic rings. The van der Waals surface area contributed by atoms with Gasteiger partial charge in [-0.25, -0.2) is 0 Å². The lowest BCUT2D eigenvalue weighted by molar-refractivity contribution is 0.462. The van der Waals surface area contributed by atoms with Gasteiger partial charge in [-0.2, -0.15) is 0 Å². The summed E-state index contributed by atoms with van der Waals surface area (Å²) in [6, 6.07) is 46.7. The number of nitrogens with one attached hydrogen (secondary N) is 1. The summed E-state index contributed by atoms with van der Waals surface area (Å²) in [7, 11) is 0. The van der Waals surface area contributed by atoms with Gasteiger partial charge in [-0.15, -0.1) is 0 Å². The van der Waals surface area contributed by atoms with Gasteiger partial charge >= 0.3 is 0 Å². The number of hydrogen-bond donors (Lipinski definition) is 1. The molecule has 0 bridgehead atoms. The molecule has 1 N–H and O–H groups in total. The molecule has 1 unspecified atom stereocenters. The second-order valence-electron chi connectivity index (χ2n) is 9.48. The van der Waals surface area contributed by atoms with Gasteiger partial charge < -0.3 is 14.6 Å². The lowest BCUT2D eigenvalue weighted by atomic mass is 10.0. The molecule has 1 aromatic heterocycles. The van der Waals surface area contributed by atoms with Crippen LogP contribution in [0.4, 0.5) is 11.4 Å². The Hall–Kier alpha value is -5.02. The van der Waals surface area contributed by atoms with Crippen LogP contribution in [-0.4, -0.2) is 0 Å². The third-order valence-electron chi connectivity index (χ3n) is 7.16. The van der Waals surface area contributed by atoms with Crippen LogP contribution in [0.25, 0.3) is 39.3 Å². The SMILES string of the molecule is C1=Cc2c(oc3ccccc23)C(N(c2ccc(-c3ccccc3)cc2)c2cccc(-c3ccccc3)c2)N1. The molecule has 2 heterocycles. The number of furan rings is 1. The van der Waals surface area contributed by atoms with Gasteiger partial charge in [0.15, 0.2) is 11.9 Å². The number of fused-ring (bicyclic) bond motifs is 3. The minimum absolute atomic E-state index is 0.212. The molecular weight excluding hydrogens is 464 g/mol. The number of nitrogens with zero attached hydrogens (tertiary/aromatic N) is 1. The van der Waals surface area contributed by atoms with Crippen molar-refractivity contribution in [1.82, 2.24) is 5.32 Å². The average Bonchev–Trinajstić information content (AvgIpc) is 3.38. The highest BCUT2D eigenvalue weighted by Gasteiger charge is 2.30. The van der Waals surface area contributed by atoms with Gasteiger partial charge in [0.1, 0.15) is 5.58 Å². The number of hydrogen-bond acceptors (Lipinski definition) is 3. The highest BCUT2D eigenvalue weighted by molar-refractivity contribution is 5.90. The van der Waals surface area contributed by atoms with Crippen molar-refractivity contribution in [2.45, 2.75) is 6.17 Å². The van der Waals surface area contributed by atoms with Crippen molar-refractivity contribution in [3.63, 3.8) is 0 Å². The van der Waals surface area contributed by atoms with Gasteiger partial charge in [-0.05, 0) is 64.9 Å². The van der Waals surface area contributed by atoms with Crippen molar-refractivity contribution < 1.29 is 4.42 Å². The van der Waals surface area contributed by atoms with Gasteiger partial charge in [0.25, 0.3) is 0 Å². The molecule has 0 aliphatic carbocycles. The summed E-state index contributed by atoms with van der Waals surface area (Å²) < 4.78 is 6.48. The standard InChI is InChI=1S/C35H26N2O/c1-3-10-25(11-4-1)27-18-20-29(21-19-27)37(30-15-9-14-28(24-30)26-12-5-2-6-13-26)35-34-32(22-23-36-35)31-16-7-8-17-33(31)38-34/h1-24,35-36H. The smallest absolute Gasteiger partial charge is 0.164 e. The summed E-state index contributed by atoms with van der Waals surface area (Å²) in [5.41, 5.74) is 8.93. The Kier molecular flexibility index (Phi) is 5.52. The molecule has 3 heteroatoms. The first-order chi connectivity index (χ1) is 18.8. The monoisotopic (exact) mass is 490 g/mol. The fourth-order valence-electron chi connectivity index (χ4n) is 5.31. The van der Waals surface area contributed by atoms with Crippen LogP contribution in [-0.2, 0) is 0 Å². The van der Waals surface area contributed by atoms with Gasteiger partial charge in [0, 0.05) is 22.3 Å². The molecular formula is C35H26N2O. The molecule has 1 atom stereocenters. The van der Waals surface area contributed by atoms with Crippen LogP contribution in [0.3, 0.4) is 0 Å². The molecule has 0 saturated heterocycles. The van der Waals surface area contributed by atoms with E-state index in [4.69, 9.17) is 4.42 Å². The van der Waals surface area contributed by atoms with Gasteiger partial charge in [-0.1, -0.05) is 103 Å². The van der Waals surface area contributed by atoms with Gasteiger partial charge in [0.05, 0.1) is 0 Å². The number of para-hydroxylation sites is 1. The first-order valence-corrected chi connectivity index (χ1v) is 12.9. The van der Waals surface area contributed by atoms with Crippen molar-refractivity contribution in [2.75, 3.05) is 4.90 Å². The maximum atomic E-state index is 6.48. The predicted octanol–water partition coefficient (Wildman–Crippen LogP) is 9.18. The maximum Gasteiger partial charge on any atom is 0.164 e. The molecule has 7 rings (SSSR count). The van der Waals surface area contributed by atoms with Crippen molar-refractivity contribution >= 4 is 28.4 Å². The van der Waals surface area contributed by atoms with Crippen LogP contribution in [0.2, 0.25) is 0 Å². The predicted molar refractivity (Wildman–Crippen MR) is 157 cm³/mol. The molecule has 0 spiro atoms. The lowest BCUT2D eigenvalue weighted by Gasteiger charge is -2.35. The third-order valence-corrected chi connectivity index (χ3v) is 7.16. The normalized spacial score (nSPS) is 14.2. The van der Waals surface area contributed by atoms with Crippen LogP contribution in [0.15, 0.2) is 144 Å². The van der Waals surface area contributed by atoms with Gasteiger partial charge in [-0.3, -0.25) is 0 Å². The summed E-state index contributed by atoms with van der Waals surface area (Å²) in [5.74, 6) is 0.908. The maximum absolute atomic E-state index is 6.48. The topological polar surface area (TPSA) is 28.4 Å². The summed E-state index contributed by atoms with van der Waals surface area (Å²) in [6.07, 6.45) is 3.92. The molecule has 5 aromatic carbocycles. The zero-order valence-corrected chi connectivity index (χ0v) is 20.8. The zero-order chi connectivity index (χ0) is 25.3. The van der Waals surface area contributed by atoms with Gasteiger partial charge in [0.2, 0.25) is 0 Å². The Labute approximate surface area is 222 Å². The minimum Gasteiger partial charge on any atom is -0.456 e. The molecule has 0 fully saturated rings. The summed E-state index contributed by atoms with van der Waals surface area (Å²) >= 11 is 0. The highest BCUT2D eigenvalue weighted by atomic mass is 16.3. The van der Waals surface area contributed by atoms with Crippen LogP contribution < -0.4 is 10.2 Å². The Morgan fingerprint density at radius 3 is 1.95 bits per heavy atom. The van der Waals surface area contributed by atoms with Crippen molar-refractivity contribution in [1.29, 1.82) is 0 Å². The number of rotatable bonds is 5. The van der Waals surface area contributed by atoms with E-state index in [2.05, 4.69) is 132 Å². The fourth-order valence-corrected chi connectivity index (χ4v) is 5.31. The highest BCUT2D eigenvalue weighted by Crippen LogP contribution is 2.41. The van der Waals surface area contributed by atoms with Crippen LogP contribution in [0, 0.1) is 0 Å². The summed E-state index contributed by atoms with van der Waals surface area (Å²) in [6.45, 7) is 0. The zero-order valence-electron chi connectivity index (χ0n) is 20.8. The van der Waals surface area contributed by atoms with E-state index in [1.54, 1.807) is 0 Å². The minimum atomic E-state index is -0.212. The van der Waals surface area contributed by atoms with E-state index in [0.29, 0.717) is 0 Å². The lowest BCUT2D eigenvalue weighted by Crippen LogP contribution is -2.34. The van der Waals surface area contributed by atoms with E-state index in [1.165, 1.54) is 22.3 Å². The molecule has 0 saturated carbocycles. The van der Waals surface area contributed by atoms with E-state index in [0.717, 1.165) is 33.7 Å². The molecule has 0 amide bonds. The molecule has 1 aliphatic rings. The Balaban J connectivity index is 1.37. The number of benzene rings is 5. The number of anilines is 2. The Morgan fingerprint density at radius 2 is 1.18 bits per heavy atom. The van der Waals surface area contributed by atoms with E-state index < -0.39 is 0 Å². The third kappa shape index (κ3) is 3.95. The molecule has 3 nitrogen and oxygen atoms in total. The summed E-state index contributed by atoms with van der Waals surface area (Å²) in [5, 5.41) is 4.72. The quantitative estimate of drug-likeness (QED) is 0.261. The van der Waals surface area contributed by atoms with Crippen LogP contribution in [0.5, 0.6) is 0 Å². The Morgan fingerprint density at radius 1 is 0.553 bits per heavy atom. The van der Waals surface area contributed by atoms with E-state index >= 15 is 0 Å². The van der Waals surface area contributed by atoms with Crippen molar-refractivity contribution in [3.05, 3.63) is 151 Å². The first-order valence-electron chi connectivity index (χ1n) is 12.9. The second-order valence-corrected chi connectivity index (χ2v) is 9.48. The largest absolute Gasteiger partial charge is 0.456 e. The second kappa shape index (κ2) is 9.45. The first kappa shape index (κ1) is 22.2. The molecule has 0 radical (unpaired) electrons. The average molecular weight is 491 g/mol. The van der Waals surface area contributed by atoms with Crippen molar-refractivity contribution in [2.24, 2.45) is 0 Å². The summed E-state index contributed by atoms with van der Waals surface area (Å²) in [4.78, 5) is 2.33. The van der Waals surface area contributed by atoms with E-state index in [9.17, 15) is 0 Å². The molecule has 38 heavy (non-hydrogen) atoms. The van der Waals surface area contributed by atoms with E-state index in [-0.39, 0.29) is 6.17 Å². The fraction of sp³-hybridized carbons (Fsp3) is 0.0286.